The van der Waals surface area contributed by atoms with E-state index in [9.17, 15) is 14.7 Å². The first-order valence-corrected chi connectivity index (χ1v) is 7.70. The standard InChI is InChI=1S/C15H20Cl2N2O3/c1-4-9(2)15(3,22)8-18-13(20)14(21)19-11-7-5-6-10(16)12(11)17/h5-7,9,22H,4,8H2,1-3H3,(H,18,20)(H,19,21). The van der Waals surface area contributed by atoms with Crippen molar-refractivity contribution in [1.82, 2.24) is 5.32 Å². The number of benzene rings is 1. The van der Waals surface area contributed by atoms with E-state index in [-0.39, 0.29) is 28.2 Å². The van der Waals surface area contributed by atoms with Crippen LogP contribution in [0.15, 0.2) is 18.2 Å². The predicted molar refractivity (Wildman–Crippen MR) is 88.2 cm³/mol. The molecule has 0 aliphatic heterocycles. The monoisotopic (exact) mass is 346 g/mol. The van der Waals surface area contributed by atoms with E-state index < -0.39 is 17.4 Å². The zero-order valence-electron chi connectivity index (χ0n) is 12.7. The lowest BCUT2D eigenvalue weighted by Crippen LogP contribution is -2.47. The fraction of sp³-hybridized carbons (Fsp3) is 0.467. The van der Waals surface area contributed by atoms with Gasteiger partial charge in [-0.05, 0) is 25.0 Å². The second-order valence-electron chi connectivity index (χ2n) is 5.40. The highest BCUT2D eigenvalue weighted by Gasteiger charge is 2.28. The van der Waals surface area contributed by atoms with Crippen molar-refractivity contribution in [1.29, 1.82) is 0 Å². The fourth-order valence-electron chi connectivity index (χ4n) is 1.73. The van der Waals surface area contributed by atoms with E-state index in [2.05, 4.69) is 10.6 Å². The Bertz CT molecular complexity index is 562. The highest BCUT2D eigenvalue weighted by molar-refractivity contribution is 6.45. The summed E-state index contributed by atoms with van der Waals surface area (Å²) in [5.41, 5.74) is -0.832. The van der Waals surface area contributed by atoms with Gasteiger partial charge >= 0.3 is 11.8 Å². The molecule has 1 aromatic carbocycles. The van der Waals surface area contributed by atoms with Crippen molar-refractivity contribution < 1.29 is 14.7 Å². The molecule has 0 aromatic heterocycles. The number of carbonyl (C=O) groups is 2. The van der Waals surface area contributed by atoms with Crippen molar-refractivity contribution >= 4 is 40.7 Å². The first-order chi connectivity index (χ1) is 10.2. The average Bonchev–Trinajstić information content (AvgIpc) is 2.48. The predicted octanol–water partition coefficient (Wildman–Crippen LogP) is 2.85. The van der Waals surface area contributed by atoms with Gasteiger partial charge in [0.15, 0.2) is 0 Å². The number of carbonyl (C=O) groups excluding carboxylic acids is 2. The third-order valence-corrected chi connectivity index (χ3v) is 4.51. The Morgan fingerprint density at radius 2 is 1.95 bits per heavy atom. The van der Waals surface area contributed by atoms with Gasteiger partial charge in [-0.2, -0.15) is 0 Å². The lowest BCUT2D eigenvalue weighted by molar-refractivity contribution is -0.137. The van der Waals surface area contributed by atoms with Crippen LogP contribution in [0.3, 0.4) is 0 Å². The summed E-state index contributed by atoms with van der Waals surface area (Å²) < 4.78 is 0. The number of amides is 2. The van der Waals surface area contributed by atoms with Gasteiger partial charge in [0, 0.05) is 6.54 Å². The summed E-state index contributed by atoms with van der Waals surface area (Å²) in [6, 6.07) is 4.72. The molecule has 1 rings (SSSR count). The summed E-state index contributed by atoms with van der Waals surface area (Å²) in [6.07, 6.45) is 0.757. The van der Waals surface area contributed by atoms with E-state index in [1.807, 2.05) is 13.8 Å². The molecule has 2 unspecified atom stereocenters. The van der Waals surface area contributed by atoms with E-state index >= 15 is 0 Å². The van der Waals surface area contributed by atoms with Crippen molar-refractivity contribution in [3.05, 3.63) is 28.2 Å². The molecule has 2 amide bonds. The van der Waals surface area contributed by atoms with Crippen LogP contribution in [-0.2, 0) is 9.59 Å². The second-order valence-corrected chi connectivity index (χ2v) is 6.19. The Morgan fingerprint density at radius 3 is 2.55 bits per heavy atom. The van der Waals surface area contributed by atoms with Crippen molar-refractivity contribution in [2.45, 2.75) is 32.8 Å². The molecular weight excluding hydrogens is 327 g/mol. The Hall–Kier alpha value is -1.30. The minimum atomic E-state index is -1.08. The third kappa shape index (κ3) is 4.87. The van der Waals surface area contributed by atoms with Gasteiger partial charge in [-0.1, -0.05) is 49.5 Å². The van der Waals surface area contributed by atoms with Crippen molar-refractivity contribution in [2.24, 2.45) is 5.92 Å². The van der Waals surface area contributed by atoms with Gasteiger partial charge in [0.1, 0.15) is 0 Å². The van der Waals surface area contributed by atoms with Gasteiger partial charge in [-0.25, -0.2) is 0 Å². The maximum absolute atomic E-state index is 11.8. The molecule has 0 heterocycles. The molecule has 22 heavy (non-hydrogen) atoms. The van der Waals surface area contributed by atoms with Crippen LogP contribution >= 0.6 is 23.2 Å². The van der Waals surface area contributed by atoms with Crippen LogP contribution in [0, 0.1) is 5.92 Å². The second kappa shape index (κ2) is 7.81. The van der Waals surface area contributed by atoms with E-state index in [1.54, 1.807) is 19.1 Å². The maximum atomic E-state index is 11.8. The number of hydrogen-bond acceptors (Lipinski definition) is 3. The minimum absolute atomic E-state index is 0.0155. The largest absolute Gasteiger partial charge is 0.388 e. The molecule has 5 nitrogen and oxygen atoms in total. The van der Waals surface area contributed by atoms with E-state index in [1.165, 1.54) is 6.07 Å². The Kier molecular flexibility index (Phi) is 6.66. The Morgan fingerprint density at radius 1 is 1.32 bits per heavy atom. The molecule has 3 N–H and O–H groups in total. The zero-order chi connectivity index (χ0) is 16.9. The van der Waals surface area contributed by atoms with Gasteiger partial charge in [0.25, 0.3) is 0 Å². The molecule has 1 aromatic rings. The maximum Gasteiger partial charge on any atom is 0.313 e. The third-order valence-electron chi connectivity index (χ3n) is 3.69. The quantitative estimate of drug-likeness (QED) is 0.717. The average molecular weight is 347 g/mol. The van der Waals surface area contributed by atoms with Gasteiger partial charge < -0.3 is 15.7 Å². The number of anilines is 1. The summed E-state index contributed by atoms with van der Waals surface area (Å²) in [6.45, 7) is 5.41. The van der Waals surface area contributed by atoms with Crippen molar-refractivity contribution in [2.75, 3.05) is 11.9 Å². The minimum Gasteiger partial charge on any atom is -0.388 e. The van der Waals surface area contributed by atoms with E-state index in [4.69, 9.17) is 23.2 Å². The highest BCUT2D eigenvalue weighted by Crippen LogP contribution is 2.29. The van der Waals surface area contributed by atoms with Gasteiger partial charge in [0.2, 0.25) is 0 Å². The van der Waals surface area contributed by atoms with Crippen LogP contribution in [0.5, 0.6) is 0 Å². The van der Waals surface area contributed by atoms with E-state index in [0.29, 0.717) is 0 Å². The Labute approximate surface area is 140 Å². The lowest BCUT2D eigenvalue weighted by Gasteiger charge is -2.29. The summed E-state index contributed by atoms with van der Waals surface area (Å²) in [4.78, 5) is 23.6. The van der Waals surface area contributed by atoms with Crippen LogP contribution in [0.4, 0.5) is 5.69 Å². The number of aliphatic hydroxyl groups is 1. The summed E-state index contributed by atoms with van der Waals surface area (Å²) in [5, 5.41) is 15.4. The molecule has 0 spiro atoms. The van der Waals surface area contributed by atoms with Gasteiger partial charge in [-0.15, -0.1) is 0 Å². The van der Waals surface area contributed by atoms with Crippen LogP contribution in [-0.4, -0.2) is 29.1 Å². The number of nitrogens with one attached hydrogen (secondary N) is 2. The summed E-state index contributed by atoms with van der Waals surface area (Å²) in [5.74, 6) is -1.73. The molecule has 0 saturated carbocycles. The first-order valence-electron chi connectivity index (χ1n) is 6.94. The smallest absolute Gasteiger partial charge is 0.313 e. The molecule has 0 radical (unpaired) electrons. The zero-order valence-corrected chi connectivity index (χ0v) is 14.3. The molecule has 0 aliphatic rings. The number of hydrogen-bond donors (Lipinski definition) is 3. The van der Waals surface area contributed by atoms with E-state index in [0.717, 1.165) is 6.42 Å². The lowest BCUT2D eigenvalue weighted by atomic mass is 9.89. The number of rotatable bonds is 5. The normalized spacial score (nSPS) is 14.8. The SMILES string of the molecule is CCC(C)C(C)(O)CNC(=O)C(=O)Nc1cccc(Cl)c1Cl. The summed E-state index contributed by atoms with van der Waals surface area (Å²) >= 11 is 11.8. The van der Waals surface area contributed by atoms with Crippen molar-refractivity contribution in [3.63, 3.8) is 0 Å². The molecule has 0 bridgehead atoms. The molecule has 0 aliphatic carbocycles. The number of halogens is 2. The van der Waals surface area contributed by atoms with Gasteiger partial charge in [0.05, 0.1) is 21.3 Å². The van der Waals surface area contributed by atoms with Crippen LogP contribution in [0.25, 0.3) is 0 Å². The molecule has 0 saturated heterocycles. The molecule has 7 heteroatoms. The Balaban J connectivity index is 2.63. The van der Waals surface area contributed by atoms with Crippen LogP contribution in [0.1, 0.15) is 27.2 Å². The molecule has 0 fully saturated rings. The molecular formula is C15H20Cl2N2O3. The van der Waals surface area contributed by atoms with Crippen molar-refractivity contribution in [3.8, 4) is 0 Å². The van der Waals surface area contributed by atoms with Crippen LogP contribution < -0.4 is 10.6 Å². The topological polar surface area (TPSA) is 78.4 Å². The first kappa shape index (κ1) is 18.7. The molecule has 122 valence electrons. The van der Waals surface area contributed by atoms with Gasteiger partial charge in [-0.3, -0.25) is 9.59 Å². The summed E-state index contributed by atoms with van der Waals surface area (Å²) in [7, 11) is 0. The van der Waals surface area contributed by atoms with Crippen LogP contribution in [0.2, 0.25) is 10.0 Å². The fourth-order valence-corrected chi connectivity index (χ4v) is 2.08. The highest BCUT2D eigenvalue weighted by atomic mass is 35.5. The molecule has 2 atom stereocenters.